The van der Waals surface area contributed by atoms with Crippen LogP contribution in [0.1, 0.15) is 5.56 Å². The Morgan fingerprint density at radius 1 is 1.35 bits per heavy atom. The number of hydrogen-bond donors (Lipinski definition) is 2. The minimum Gasteiger partial charge on any atom is -0.389 e. The quantitative estimate of drug-likeness (QED) is 0.752. The number of rotatable bonds is 3. The fraction of sp³-hybridized carbons (Fsp3) is 0.538. The van der Waals surface area contributed by atoms with Crippen LogP contribution >= 0.6 is 0 Å². The summed E-state index contributed by atoms with van der Waals surface area (Å²) in [6, 6.07) is 6.24. The fourth-order valence-corrected chi connectivity index (χ4v) is 3.69. The van der Waals surface area contributed by atoms with Gasteiger partial charge < -0.3 is 15.2 Å². The minimum absolute atomic E-state index is 0.130. The topological polar surface area (TPSA) is 84.9 Å². The molecule has 0 radical (unpaired) electrons. The number of ether oxygens (including phenoxy) is 1. The Bertz CT molecular complexity index is 585. The first kappa shape index (κ1) is 14.0. The van der Waals surface area contributed by atoms with Gasteiger partial charge in [-0.25, -0.2) is 0 Å². The average molecular weight is 299 g/mol. The monoisotopic (exact) mass is 299 g/mol. The van der Waals surface area contributed by atoms with E-state index in [2.05, 4.69) is 5.32 Å². The largest absolute Gasteiger partial charge is 0.389 e. The average Bonchev–Trinajstić information content (AvgIpc) is 2.95. The SMILES string of the molecule is Cc1ccc(S(=O)(=O)OC2CNC3C(O)CO[C@@H]23)cc1. The fourth-order valence-electron chi connectivity index (χ4n) is 2.61. The van der Waals surface area contributed by atoms with Crippen molar-refractivity contribution < 1.29 is 22.4 Å². The van der Waals surface area contributed by atoms with Crippen LogP contribution in [0.3, 0.4) is 0 Å². The molecule has 0 spiro atoms. The molecule has 2 fully saturated rings. The number of aliphatic hydroxyl groups is 1. The number of fused-ring (bicyclic) bond motifs is 1. The van der Waals surface area contributed by atoms with Crippen LogP contribution in [0, 0.1) is 6.92 Å². The van der Waals surface area contributed by atoms with E-state index in [0.717, 1.165) is 5.56 Å². The molecule has 6 nitrogen and oxygen atoms in total. The summed E-state index contributed by atoms with van der Waals surface area (Å²) >= 11 is 0. The van der Waals surface area contributed by atoms with Gasteiger partial charge in [0.2, 0.25) is 0 Å². The molecular formula is C13H17NO5S. The standard InChI is InChI=1S/C13H17NO5S/c1-8-2-4-9(5-3-8)20(16,17)19-11-6-14-12-10(15)7-18-13(11)12/h2-5,10-15H,6-7H2,1H3/t10?,11?,12?,13-/m0/s1. The summed E-state index contributed by atoms with van der Waals surface area (Å²) in [6.07, 6.45) is -1.65. The zero-order valence-electron chi connectivity index (χ0n) is 11.0. The third-order valence-corrected chi connectivity index (χ3v) is 5.06. The third kappa shape index (κ3) is 2.47. The summed E-state index contributed by atoms with van der Waals surface area (Å²) < 4.78 is 35.1. The molecule has 3 rings (SSSR count). The molecule has 0 aromatic heterocycles. The molecule has 2 aliphatic heterocycles. The van der Waals surface area contributed by atoms with Gasteiger partial charge in [0.05, 0.1) is 23.6 Å². The van der Waals surface area contributed by atoms with Gasteiger partial charge >= 0.3 is 0 Å². The normalized spacial score (nSPS) is 33.3. The molecule has 2 aliphatic rings. The molecule has 0 amide bonds. The number of nitrogens with one attached hydrogen (secondary N) is 1. The van der Waals surface area contributed by atoms with Gasteiger partial charge in [-0.05, 0) is 19.1 Å². The van der Waals surface area contributed by atoms with Crippen molar-refractivity contribution in [1.82, 2.24) is 5.32 Å². The van der Waals surface area contributed by atoms with Crippen molar-refractivity contribution in [2.24, 2.45) is 0 Å². The summed E-state index contributed by atoms with van der Waals surface area (Å²) in [5.74, 6) is 0. The van der Waals surface area contributed by atoms with E-state index in [1.807, 2.05) is 6.92 Å². The van der Waals surface area contributed by atoms with Crippen LogP contribution < -0.4 is 5.32 Å². The van der Waals surface area contributed by atoms with Gasteiger partial charge in [0.15, 0.2) is 0 Å². The molecule has 0 aliphatic carbocycles. The first-order valence-corrected chi connectivity index (χ1v) is 7.91. The van der Waals surface area contributed by atoms with E-state index >= 15 is 0 Å². The smallest absolute Gasteiger partial charge is 0.297 e. The van der Waals surface area contributed by atoms with E-state index in [0.29, 0.717) is 6.54 Å². The number of benzene rings is 1. The summed E-state index contributed by atoms with van der Waals surface area (Å²) in [5, 5.41) is 12.7. The van der Waals surface area contributed by atoms with E-state index in [9.17, 15) is 13.5 Å². The molecule has 4 atom stereocenters. The third-order valence-electron chi connectivity index (χ3n) is 3.71. The van der Waals surface area contributed by atoms with Crippen LogP contribution in [0.2, 0.25) is 0 Å². The highest BCUT2D eigenvalue weighted by Crippen LogP contribution is 2.27. The number of hydrogen-bond acceptors (Lipinski definition) is 6. The van der Waals surface area contributed by atoms with Crippen molar-refractivity contribution in [3.05, 3.63) is 29.8 Å². The van der Waals surface area contributed by atoms with Crippen LogP contribution in [0.25, 0.3) is 0 Å². The van der Waals surface area contributed by atoms with Gasteiger partial charge in [-0.1, -0.05) is 17.7 Å². The van der Waals surface area contributed by atoms with Gasteiger partial charge in [0.25, 0.3) is 10.1 Å². The summed E-state index contributed by atoms with van der Waals surface area (Å²) in [4.78, 5) is 0.130. The van der Waals surface area contributed by atoms with Crippen LogP contribution in [0.4, 0.5) is 0 Å². The lowest BCUT2D eigenvalue weighted by molar-refractivity contribution is 0.0278. The Hall–Kier alpha value is -0.990. The second-order valence-electron chi connectivity index (χ2n) is 5.20. The molecule has 1 aromatic rings. The molecule has 20 heavy (non-hydrogen) atoms. The van der Waals surface area contributed by atoms with Crippen LogP contribution in [0.15, 0.2) is 29.2 Å². The van der Waals surface area contributed by atoms with Gasteiger partial charge in [-0.3, -0.25) is 4.18 Å². The lowest BCUT2D eigenvalue weighted by Crippen LogP contribution is -2.37. The number of aryl methyl sites for hydroxylation is 1. The highest BCUT2D eigenvalue weighted by Gasteiger charge is 2.47. The minimum atomic E-state index is -3.82. The van der Waals surface area contributed by atoms with Gasteiger partial charge in [-0.2, -0.15) is 8.42 Å². The zero-order chi connectivity index (χ0) is 14.3. The Labute approximate surface area is 117 Å². The molecular weight excluding hydrogens is 282 g/mol. The zero-order valence-corrected chi connectivity index (χ0v) is 11.8. The molecule has 2 N–H and O–H groups in total. The number of aliphatic hydroxyl groups excluding tert-OH is 1. The van der Waals surface area contributed by atoms with Crippen molar-refractivity contribution in [1.29, 1.82) is 0 Å². The lowest BCUT2D eigenvalue weighted by atomic mass is 10.1. The highest BCUT2D eigenvalue weighted by molar-refractivity contribution is 7.86. The predicted octanol–water partition coefficient (Wildman–Crippen LogP) is -0.200. The van der Waals surface area contributed by atoms with Gasteiger partial charge in [0, 0.05) is 6.54 Å². The maximum atomic E-state index is 12.2. The summed E-state index contributed by atoms with van der Waals surface area (Å²) in [6.45, 7) is 2.43. The summed E-state index contributed by atoms with van der Waals surface area (Å²) in [5.41, 5.74) is 0.980. The van der Waals surface area contributed by atoms with E-state index < -0.39 is 28.4 Å². The Kier molecular flexibility index (Phi) is 3.55. The van der Waals surface area contributed by atoms with Crippen LogP contribution in [-0.4, -0.2) is 51.0 Å². The second-order valence-corrected chi connectivity index (χ2v) is 6.77. The Morgan fingerprint density at radius 2 is 2.05 bits per heavy atom. The molecule has 7 heteroatoms. The van der Waals surface area contributed by atoms with Crippen molar-refractivity contribution in [2.45, 2.75) is 36.2 Å². The maximum absolute atomic E-state index is 12.2. The Morgan fingerprint density at radius 3 is 2.75 bits per heavy atom. The van der Waals surface area contributed by atoms with E-state index in [4.69, 9.17) is 8.92 Å². The summed E-state index contributed by atoms with van der Waals surface area (Å²) in [7, 11) is -3.82. The first-order valence-electron chi connectivity index (χ1n) is 6.50. The van der Waals surface area contributed by atoms with Gasteiger partial charge in [0.1, 0.15) is 12.2 Å². The van der Waals surface area contributed by atoms with E-state index in [1.54, 1.807) is 12.1 Å². The molecule has 110 valence electrons. The predicted molar refractivity (Wildman–Crippen MR) is 70.8 cm³/mol. The molecule has 1 aromatic carbocycles. The van der Waals surface area contributed by atoms with Gasteiger partial charge in [-0.15, -0.1) is 0 Å². The Balaban J connectivity index is 1.76. The molecule has 0 bridgehead atoms. The first-order chi connectivity index (χ1) is 9.47. The maximum Gasteiger partial charge on any atom is 0.297 e. The van der Waals surface area contributed by atoms with Crippen molar-refractivity contribution in [3.8, 4) is 0 Å². The molecule has 0 saturated carbocycles. The second kappa shape index (κ2) is 5.09. The lowest BCUT2D eigenvalue weighted by Gasteiger charge is -2.17. The molecule has 3 unspecified atom stereocenters. The molecule has 2 heterocycles. The van der Waals surface area contributed by atoms with Crippen molar-refractivity contribution in [3.63, 3.8) is 0 Å². The van der Waals surface area contributed by atoms with Crippen molar-refractivity contribution in [2.75, 3.05) is 13.2 Å². The highest BCUT2D eigenvalue weighted by atomic mass is 32.2. The van der Waals surface area contributed by atoms with Crippen molar-refractivity contribution >= 4 is 10.1 Å². The van der Waals surface area contributed by atoms with Crippen LogP contribution in [0.5, 0.6) is 0 Å². The van der Waals surface area contributed by atoms with Crippen LogP contribution in [-0.2, 0) is 19.0 Å². The van der Waals surface area contributed by atoms with E-state index in [1.165, 1.54) is 12.1 Å². The molecule has 2 saturated heterocycles. The van der Waals surface area contributed by atoms with E-state index in [-0.39, 0.29) is 17.5 Å².